The topological polar surface area (TPSA) is 58.6 Å². The van der Waals surface area contributed by atoms with E-state index in [1.807, 2.05) is 30.3 Å². The van der Waals surface area contributed by atoms with Gasteiger partial charge in [0.1, 0.15) is 0 Å². The summed E-state index contributed by atoms with van der Waals surface area (Å²) >= 11 is 0. The van der Waals surface area contributed by atoms with Gasteiger partial charge < -0.3 is 15.2 Å². The Balaban J connectivity index is 1.87. The van der Waals surface area contributed by atoms with Crippen molar-refractivity contribution >= 4 is 5.91 Å². The molecule has 2 N–H and O–H groups in total. The average Bonchev–Trinajstić information content (AvgIpc) is 2.53. The molecule has 128 valence electrons. The summed E-state index contributed by atoms with van der Waals surface area (Å²) in [6.45, 7) is 7.43. The number of aliphatic hydroxyl groups is 1. The Kier molecular flexibility index (Phi) is 6.19. The summed E-state index contributed by atoms with van der Waals surface area (Å²) in [4.78, 5) is 12.2. The maximum absolute atomic E-state index is 12.2. The number of carbonyl (C=O) groups is 1. The van der Waals surface area contributed by atoms with Gasteiger partial charge in [-0.1, -0.05) is 44.2 Å². The number of ether oxygens (including phenoxy) is 1. The molecule has 0 bridgehead atoms. The van der Waals surface area contributed by atoms with Crippen molar-refractivity contribution in [2.75, 3.05) is 13.2 Å². The molecule has 0 aromatic heterocycles. The van der Waals surface area contributed by atoms with Crippen molar-refractivity contribution in [3.63, 3.8) is 0 Å². The summed E-state index contributed by atoms with van der Waals surface area (Å²) < 4.78 is 5.85. The van der Waals surface area contributed by atoms with E-state index >= 15 is 0 Å². The van der Waals surface area contributed by atoms with Crippen molar-refractivity contribution in [3.8, 4) is 0 Å². The van der Waals surface area contributed by atoms with Crippen LogP contribution < -0.4 is 5.32 Å². The van der Waals surface area contributed by atoms with E-state index < -0.39 is 5.60 Å². The van der Waals surface area contributed by atoms with Crippen LogP contribution >= 0.6 is 0 Å². The Morgan fingerprint density at radius 1 is 1.39 bits per heavy atom. The van der Waals surface area contributed by atoms with Crippen LogP contribution in [0.5, 0.6) is 0 Å². The summed E-state index contributed by atoms with van der Waals surface area (Å²) in [6.07, 6.45) is 2.40. The van der Waals surface area contributed by atoms with Crippen LogP contribution in [0.1, 0.15) is 45.6 Å². The standard InChI is InChI=1S/C19H29NO3/c1-14(2)18-15(8-7-11-23-18)13-20-17(21)12-19(3,22)16-9-5-4-6-10-16/h4-6,9-10,14-15,18,22H,7-8,11-13H2,1-3H3,(H,20,21)/t15-,18-,19-/m0/s1. The zero-order chi connectivity index (χ0) is 16.9. The summed E-state index contributed by atoms with van der Waals surface area (Å²) in [6, 6.07) is 9.32. The third-order valence-electron chi connectivity index (χ3n) is 4.61. The number of hydrogen-bond acceptors (Lipinski definition) is 3. The Morgan fingerprint density at radius 2 is 2.09 bits per heavy atom. The molecule has 4 nitrogen and oxygen atoms in total. The van der Waals surface area contributed by atoms with Crippen molar-refractivity contribution in [2.45, 2.75) is 51.7 Å². The molecule has 23 heavy (non-hydrogen) atoms. The van der Waals surface area contributed by atoms with Gasteiger partial charge in [-0.05, 0) is 31.2 Å². The average molecular weight is 319 g/mol. The van der Waals surface area contributed by atoms with Gasteiger partial charge in [0.25, 0.3) is 0 Å². The van der Waals surface area contributed by atoms with Crippen LogP contribution in [0.4, 0.5) is 0 Å². The minimum atomic E-state index is -1.15. The summed E-state index contributed by atoms with van der Waals surface area (Å²) in [7, 11) is 0. The second kappa shape index (κ2) is 7.93. The van der Waals surface area contributed by atoms with Gasteiger partial charge in [-0.25, -0.2) is 0 Å². The van der Waals surface area contributed by atoms with Gasteiger partial charge in [0, 0.05) is 19.1 Å². The second-order valence-electron chi connectivity index (χ2n) is 7.10. The van der Waals surface area contributed by atoms with Crippen molar-refractivity contribution in [1.29, 1.82) is 0 Å². The van der Waals surface area contributed by atoms with Gasteiger partial charge in [-0.15, -0.1) is 0 Å². The predicted molar refractivity (Wildman–Crippen MR) is 90.9 cm³/mol. The zero-order valence-corrected chi connectivity index (χ0v) is 14.4. The first-order valence-corrected chi connectivity index (χ1v) is 8.56. The Hall–Kier alpha value is -1.39. The maximum Gasteiger partial charge on any atom is 0.223 e. The maximum atomic E-state index is 12.2. The van der Waals surface area contributed by atoms with Crippen LogP contribution in [0.25, 0.3) is 0 Å². The number of rotatable bonds is 6. The lowest BCUT2D eigenvalue weighted by Gasteiger charge is -2.34. The highest BCUT2D eigenvalue weighted by atomic mass is 16.5. The molecule has 0 unspecified atom stereocenters. The predicted octanol–water partition coefficient (Wildman–Crippen LogP) is 2.85. The van der Waals surface area contributed by atoms with E-state index in [-0.39, 0.29) is 18.4 Å². The van der Waals surface area contributed by atoms with E-state index in [0.717, 1.165) is 25.0 Å². The van der Waals surface area contributed by atoms with Gasteiger partial charge >= 0.3 is 0 Å². The molecule has 3 atom stereocenters. The van der Waals surface area contributed by atoms with E-state index in [9.17, 15) is 9.90 Å². The quantitative estimate of drug-likeness (QED) is 0.847. The fourth-order valence-corrected chi connectivity index (χ4v) is 3.34. The first-order valence-electron chi connectivity index (χ1n) is 8.56. The molecular formula is C19H29NO3. The van der Waals surface area contributed by atoms with Crippen LogP contribution in [0.15, 0.2) is 30.3 Å². The SMILES string of the molecule is CC(C)[C@@H]1OCCC[C@H]1CNC(=O)C[C@](C)(O)c1ccccc1. The Morgan fingerprint density at radius 3 is 2.74 bits per heavy atom. The molecule has 1 saturated heterocycles. The van der Waals surface area contributed by atoms with Crippen molar-refractivity contribution < 1.29 is 14.6 Å². The molecule has 1 aromatic carbocycles. The molecule has 1 amide bonds. The number of amides is 1. The molecule has 1 fully saturated rings. The molecule has 0 saturated carbocycles. The van der Waals surface area contributed by atoms with Gasteiger partial charge in [0.2, 0.25) is 5.91 Å². The lowest BCUT2D eigenvalue weighted by atomic mass is 9.87. The second-order valence-corrected chi connectivity index (χ2v) is 7.10. The molecule has 1 aromatic rings. The van der Waals surface area contributed by atoms with E-state index in [1.54, 1.807) is 6.92 Å². The third kappa shape index (κ3) is 5.05. The lowest BCUT2D eigenvalue weighted by molar-refractivity contribution is -0.126. The number of carbonyl (C=O) groups excluding carboxylic acids is 1. The summed E-state index contributed by atoms with van der Waals surface area (Å²) in [5.74, 6) is 0.686. The van der Waals surface area contributed by atoms with Gasteiger partial charge in [0.05, 0.1) is 18.1 Å². The molecule has 0 radical (unpaired) electrons. The molecule has 2 rings (SSSR count). The fraction of sp³-hybridized carbons (Fsp3) is 0.632. The molecular weight excluding hydrogens is 290 g/mol. The highest BCUT2D eigenvalue weighted by Crippen LogP contribution is 2.27. The lowest BCUT2D eigenvalue weighted by Crippen LogP contribution is -2.42. The molecule has 1 heterocycles. The van der Waals surface area contributed by atoms with E-state index in [0.29, 0.717) is 18.4 Å². The number of nitrogens with one attached hydrogen (secondary N) is 1. The number of benzene rings is 1. The van der Waals surface area contributed by atoms with Crippen LogP contribution in [-0.2, 0) is 15.1 Å². The summed E-state index contributed by atoms with van der Waals surface area (Å²) in [5, 5.41) is 13.5. The van der Waals surface area contributed by atoms with Crippen LogP contribution in [0.3, 0.4) is 0 Å². The smallest absolute Gasteiger partial charge is 0.223 e. The number of hydrogen-bond donors (Lipinski definition) is 2. The highest BCUT2D eigenvalue weighted by Gasteiger charge is 2.30. The van der Waals surface area contributed by atoms with Crippen LogP contribution in [0.2, 0.25) is 0 Å². The molecule has 1 aliphatic rings. The molecule has 0 aliphatic carbocycles. The van der Waals surface area contributed by atoms with Gasteiger partial charge in [-0.3, -0.25) is 4.79 Å². The third-order valence-corrected chi connectivity index (χ3v) is 4.61. The van der Waals surface area contributed by atoms with Crippen LogP contribution in [-0.4, -0.2) is 30.3 Å². The first-order chi connectivity index (χ1) is 10.9. The molecule has 1 aliphatic heterocycles. The van der Waals surface area contributed by atoms with Crippen molar-refractivity contribution in [3.05, 3.63) is 35.9 Å². The highest BCUT2D eigenvalue weighted by molar-refractivity contribution is 5.77. The van der Waals surface area contributed by atoms with Gasteiger partial charge in [0.15, 0.2) is 0 Å². The molecule has 4 heteroatoms. The summed E-state index contributed by atoms with van der Waals surface area (Å²) in [5.41, 5.74) is -0.387. The van der Waals surface area contributed by atoms with Gasteiger partial charge in [-0.2, -0.15) is 0 Å². The van der Waals surface area contributed by atoms with E-state index in [1.165, 1.54) is 0 Å². The first kappa shape index (κ1) is 18.0. The van der Waals surface area contributed by atoms with E-state index in [4.69, 9.17) is 4.74 Å². The normalized spacial score (nSPS) is 24.2. The largest absolute Gasteiger partial charge is 0.385 e. The van der Waals surface area contributed by atoms with Crippen molar-refractivity contribution in [1.82, 2.24) is 5.32 Å². The van der Waals surface area contributed by atoms with Crippen LogP contribution in [0, 0.1) is 11.8 Å². The van der Waals surface area contributed by atoms with E-state index in [2.05, 4.69) is 19.2 Å². The molecule has 0 spiro atoms. The zero-order valence-electron chi connectivity index (χ0n) is 14.4. The fourth-order valence-electron chi connectivity index (χ4n) is 3.34. The minimum Gasteiger partial charge on any atom is -0.385 e. The monoisotopic (exact) mass is 319 g/mol. The Bertz CT molecular complexity index is 499. The minimum absolute atomic E-state index is 0.0664. The van der Waals surface area contributed by atoms with Crippen molar-refractivity contribution in [2.24, 2.45) is 11.8 Å². The Labute approximate surface area is 139 Å².